The molecule has 0 unspecified atom stereocenters. The van der Waals surface area contributed by atoms with Gasteiger partial charge in [-0.3, -0.25) is 14.2 Å². The fourth-order valence-electron chi connectivity index (χ4n) is 2.94. The van der Waals surface area contributed by atoms with Gasteiger partial charge in [-0.25, -0.2) is 4.98 Å². The van der Waals surface area contributed by atoms with Crippen LogP contribution >= 0.6 is 23.1 Å². The van der Waals surface area contributed by atoms with Crippen LogP contribution < -0.4 is 11.1 Å². The van der Waals surface area contributed by atoms with E-state index in [1.165, 1.54) is 27.8 Å². The van der Waals surface area contributed by atoms with Crippen molar-refractivity contribution in [2.45, 2.75) is 31.4 Å². The molecule has 0 spiro atoms. The van der Waals surface area contributed by atoms with E-state index in [4.69, 9.17) is 0 Å². The van der Waals surface area contributed by atoms with Gasteiger partial charge < -0.3 is 0 Å². The van der Waals surface area contributed by atoms with Crippen LogP contribution in [0.3, 0.4) is 0 Å². The van der Waals surface area contributed by atoms with Crippen molar-refractivity contribution >= 4 is 44.2 Å². The third-order valence-electron chi connectivity index (χ3n) is 4.51. The highest BCUT2D eigenvalue weighted by Gasteiger charge is 2.17. The molecule has 7 nitrogen and oxygen atoms in total. The molecule has 0 amide bonds. The monoisotopic (exact) mass is 411 g/mol. The summed E-state index contributed by atoms with van der Waals surface area (Å²) >= 11 is 2.78. The molecular weight excluding hydrogens is 394 g/mol. The molecule has 4 rings (SSSR count). The average molecular weight is 412 g/mol. The number of aromatic nitrogens is 5. The van der Waals surface area contributed by atoms with Crippen molar-refractivity contribution in [2.75, 3.05) is 0 Å². The molecule has 0 atom stereocenters. The first-order valence-electron chi connectivity index (χ1n) is 8.58. The van der Waals surface area contributed by atoms with Gasteiger partial charge in [0.2, 0.25) is 0 Å². The number of rotatable bonds is 5. The quantitative estimate of drug-likeness (QED) is 0.285. The molecule has 0 N–H and O–H groups in total. The molecule has 3 heterocycles. The SMILES string of the molecule is C=CCn1c(SCn2nnc3ccccc3c2=O)nc2sc(C)c(C)c2c1=O. The molecule has 0 bridgehead atoms. The maximum absolute atomic E-state index is 13.0. The lowest BCUT2D eigenvalue weighted by Gasteiger charge is -2.10. The number of hydrogen-bond acceptors (Lipinski definition) is 7. The lowest BCUT2D eigenvalue weighted by atomic mass is 10.2. The normalized spacial score (nSPS) is 11.4. The predicted molar refractivity (Wildman–Crippen MR) is 113 cm³/mol. The number of hydrogen-bond donors (Lipinski definition) is 0. The Morgan fingerprint density at radius 2 is 2.00 bits per heavy atom. The van der Waals surface area contributed by atoms with Gasteiger partial charge in [-0.1, -0.05) is 35.2 Å². The molecule has 3 aromatic heterocycles. The molecule has 1 aromatic carbocycles. The van der Waals surface area contributed by atoms with Gasteiger partial charge >= 0.3 is 0 Å². The summed E-state index contributed by atoms with van der Waals surface area (Å²) in [6, 6.07) is 7.08. The van der Waals surface area contributed by atoms with Gasteiger partial charge in [-0.05, 0) is 31.5 Å². The Balaban J connectivity index is 1.77. The third-order valence-corrected chi connectivity index (χ3v) is 6.56. The van der Waals surface area contributed by atoms with Gasteiger partial charge in [-0.15, -0.1) is 23.0 Å². The van der Waals surface area contributed by atoms with Crippen molar-refractivity contribution in [3.63, 3.8) is 0 Å². The minimum absolute atomic E-state index is 0.0915. The highest BCUT2D eigenvalue weighted by Crippen LogP contribution is 2.28. The second-order valence-corrected chi connectivity index (χ2v) is 8.36. The third kappa shape index (κ3) is 3.06. The Hall–Kier alpha value is -2.78. The predicted octanol–water partition coefficient (Wildman–Crippen LogP) is 3.12. The smallest absolute Gasteiger partial charge is 0.278 e. The van der Waals surface area contributed by atoms with Crippen LogP contribution in [0, 0.1) is 13.8 Å². The summed E-state index contributed by atoms with van der Waals surface area (Å²) in [7, 11) is 0. The fraction of sp³-hybridized carbons (Fsp3) is 0.211. The molecule has 0 aliphatic heterocycles. The molecule has 0 aliphatic rings. The summed E-state index contributed by atoms with van der Waals surface area (Å²) in [5, 5.41) is 9.78. The molecule has 9 heteroatoms. The van der Waals surface area contributed by atoms with E-state index in [9.17, 15) is 9.59 Å². The van der Waals surface area contributed by atoms with Crippen LogP contribution in [-0.4, -0.2) is 24.5 Å². The van der Waals surface area contributed by atoms with Gasteiger partial charge in [0.15, 0.2) is 5.16 Å². The number of thioether (sulfide) groups is 1. The van der Waals surface area contributed by atoms with E-state index in [1.807, 2.05) is 19.9 Å². The van der Waals surface area contributed by atoms with Crippen LogP contribution in [0.2, 0.25) is 0 Å². The highest BCUT2D eigenvalue weighted by atomic mass is 32.2. The Morgan fingerprint density at radius 3 is 2.79 bits per heavy atom. The molecular formula is C19H17N5O2S2. The molecule has 0 aliphatic carbocycles. The zero-order chi connectivity index (χ0) is 19.8. The van der Waals surface area contributed by atoms with Gasteiger partial charge in [-0.2, -0.15) is 4.68 Å². The van der Waals surface area contributed by atoms with Crippen LogP contribution in [0.1, 0.15) is 10.4 Å². The summed E-state index contributed by atoms with van der Waals surface area (Å²) in [5.41, 5.74) is 1.20. The topological polar surface area (TPSA) is 82.7 Å². The average Bonchev–Trinajstić information content (AvgIpc) is 2.98. The van der Waals surface area contributed by atoms with E-state index >= 15 is 0 Å². The zero-order valence-corrected chi connectivity index (χ0v) is 17.0. The van der Waals surface area contributed by atoms with Crippen LogP contribution in [-0.2, 0) is 12.4 Å². The standard InChI is InChI=1S/C19H17N5O2S2/c1-4-9-23-18(26)15-11(2)12(3)28-16(15)20-19(23)27-10-24-17(25)13-7-5-6-8-14(13)21-22-24/h4-8H,1,9-10H2,2-3H3. The molecule has 28 heavy (non-hydrogen) atoms. The van der Waals surface area contributed by atoms with Crippen LogP contribution in [0.25, 0.3) is 21.1 Å². The number of allylic oxidation sites excluding steroid dienone is 1. The Morgan fingerprint density at radius 1 is 1.21 bits per heavy atom. The maximum atomic E-state index is 13.0. The molecule has 0 fully saturated rings. The number of thiophene rings is 1. The van der Waals surface area contributed by atoms with E-state index < -0.39 is 0 Å². The summed E-state index contributed by atoms with van der Waals surface area (Å²) < 4.78 is 2.87. The fourth-order valence-corrected chi connectivity index (χ4v) is 4.89. The van der Waals surface area contributed by atoms with Gasteiger partial charge in [0.05, 0.1) is 16.6 Å². The summed E-state index contributed by atoms with van der Waals surface area (Å²) in [4.78, 5) is 32.1. The lowest BCUT2D eigenvalue weighted by Crippen LogP contribution is -2.25. The van der Waals surface area contributed by atoms with Crippen molar-refractivity contribution < 1.29 is 0 Å². The first-order chi connectivity index (χ1) is 13.5. The van der Waals surface area contributed by atoms with Gasteiger partial charge in [0, 0.05) is 11.4 Å². The molecule has 0 saturated carbocycles. The molecule has 0 radical (unpaired) electrons. The number of nitrogens with zero attached hydrogens (tertiary/aromatic N) is 5. The maximum Gasteiger partial charge on any atom is 0.278 e. The number of benzene rings is 1. The Kier molecular flexibility index (Phi) is 4.86. The molecule has 4 aromatic rings. The number of fused-ring (bicyclic) bond motifs is 2. The second kappa shape index (κ2) is 7.33. The van der Waals surface area contributed by atoms with Gasteiger partial charge in [0.1, 0.15) is 10.3 Å². The minimum Gasteiger partial charge on any atom is -0.283 e. The van der Waals surface area contributed by atoms with Crippen molar-refractivity contribution in [1.29, 1.82) is 0 Å². The lowest BCUT2D eigenvalue weighted by molar-refractivity contribution is 0.633. The minimum atomic E-state index is -0.223. The first kappa shape index (κ1) is 18.6. The largest absolute Gasteiger partial charge is 0.283 e. The zero-order valence-electron chi connectivity index (χ0n) is 15.4. The summed E-state index contributed by atoms with van der Waals surface area (Å²) in [6.07, 6.45) is 1.66. The highest BCUT2D eigenvalue weighted by molar-refractivity contribution is 7.98. The first-order valence-corrected chi connectivity index (χ1v) is 10.4. The molecule has 0 saturated heterocycles. The molecule has 142 valence electrons. The van der Waals surface area contributed by atoms with Crippen molar-refractivity contribution in [3.05, 3.63) is 68.1 Å². The van der Waals surface area contributed by atoms with Gasteiger partial charge in [0.25, 0.3) is 11.1 Å². The van der Waals surface area contributed by atoms with Crippen molar-refractivity contribution in [3.8, 4) is 0 Å². The summed E-state index contributed by atoms with van der Waals surface area (Å²) in [6.45, 7) is 8.00. The van der Waals surface area contributed by atoms with E-state index in [2.05, 4.69) is 21.9 Å². The van der Waals surface area contributed by atoms with Crippen molar-refractivity contribution in [1.82, 2.24) is 24.5 Å². The van der Waals surface area contributed by atoms with Crippen molar-refractivity contribution in [2.24, 2.45) is 0 Å². The van der Waals surface area contributed by atoms with E-state index in [1.54, 1.807) is 28.8 Å². The van der Waals surface area contributed by atoms with E-state index in [0.717, 1.165) is 10.4 Å². The van der Waals surface area contributed by atoms with Crippen LogP contribution in [0.4, 0.5) is 0 Å². The van der Waals surface area contributed by atoms with E-state index in [0.29, 0.717) is 32.8 Å². The Bertz CT molecular complexity index is 1340. The summed E-state index contributed by atoms with van der Waals surface area (Å²) in [5.74, 6) is 0.203. The van der Waals surface area contributed by atoms with Crippen LogP contribution in [0.5, 0.6) is 0 Å². The van der Waals surface area contributed by atoms with E-state index in [-0.39, 0.29) is 17.0 Å². The number of aryl methyl sites for hydroxylation is 2. The Labute approximate surface area is 168 Å². The van der Waals surface area contributed by atoms with Crippen LogP contribution in [0.15, 0.2) is 51.7 Å². The second-order valence-electron chi connectivity index (χ2n) is 6.25.